The smallest absolute Gasteiger partial charge is 0.406 e. The van der Waals surface area contributed by atoms with E-state index in [1.165, 1.54) is 24.3 Å². The van der Waals surface area contributed by atoms with Crippen molar-refractivity contribution in [3.8, 4) is 5.75 Å². The van der Waals surface area contributed by atoms with Crippen LogP contribution < -0.4 is 10.5 Å². The first-order chi connectivity index (χ1) is 12.2. The Morgan fingerprint density at radius 3 is 2.58 bits per heavy atom. The van der Waals surface area contributed by atoms with E-state index < -0.39 is 18.2 Å². The summed E-state index contributed by atoms with van der Waals surface area (Å²) in [4.78, 5) is 20.1. The van der Waals surface area contributed by atoms with Gasteiger partial charge in [0.25, 0.3) is 0 Å². The van der Waals surface area contributed by atoms with Crippen molar-refractivity contribution >= 4 is 16.9 Å². The number of rotatable bonds is 5. The topological polar surface area (TPSA) is 83.0 Å². The average Bonchev–Trinajstić information content (AvgIpc) is 2.93. The van der Waals surface area contributed by atoms with Gasteiger partial charge in [-0.3, -0.25) is 9.78 Å². The van der Waals surface area contributed by atoms with Crippen LogP contribution in [0, 0.1) is 0 Å². The van der Waals surface area contributed by atoms with Crippen LogP contribution in [-0.4, -0.2) is 26.8 Å². The first kappa shape index (κ1) is 17.7. The quantitative estimate of drug-likeness (QED) is 0.754. The van der Waals surface area contributed by atoms with Gasteiger partial charge in [0, 0.05) is 12.7 Å². The number of alkyl halides is 3. The second-order valence-corrected chi connectivity index (χ2v) is 5.74. The summed E-state index contributed by atoms with van der Waals surface area (Å²) >= 11 is 0. The molecular weight excluding hydrogens is 349 g/mol. The van der Waals surface area contributed by atoms with Crippen LogP contribution in [0.2, 0.25) is 0 Å². The van der Waals surface area contributed by atoms with Crippen LogP contribution in [0.25, 0.3) is 11.0 Å². The van der Waals surface area contributed by atoms with Gasteiger partial charge >= 0.3 is 6.36 Å². The van der Waals surface area contributed by atoms with Crippen molar-refractivity contribution in [1.29, 1.82) is 0 Å². The Morgan fingerprint density at radius 1 is 1.27 bits per heavy atom. The van der Waals surface area contributed by atoms with E-state index in [4.69, 9.17) is 5.73 Å². The lowest BCUT2D eigenvalue weighted by atomic mass is 10.1. The van der Waals surface area contributed by atoms with Gasteiger partial charge in [0.1, 0.15) is 11.6 Å². The van der Waals surface area contributed by atoms with Crippen molar-refractivity contribution in [3.63, 3.8) is 0 Å². The van der Waals surface area contributed by atoms with Gasteiger partial charge in [-0.2, -0.15) is 0 Å². The predicted molar refractivity (Wildman–Crippen MR) is 87.4 cm³/mol. The number of hydrogen-bond acceptors (Lipinski definition) is 4. The third-order valence-electron chi connectivity index (χ3n) is 3.89. The van der Waals surface area contributed by atoms with Gasteiger partial charge in [0.2, 0.25) is 5.91 Å². The molecule has 0 fully saturated rings. The molecule has 0 radical (unpaired) electrons. The molecule has 9 heteroatoms. The fraction of sp³-hybridized carbons (Fsp3) is 0.235. The van der Waals surface area contributed by atoms with Crippen LogP contribution >= 0.6 is 0 Å². The van der Waals surface area contributed by atoms with E-state index in [2.05, 4.69) is 14.7 Å². The molecular formula is C17H15F3N4O2. The Morgan fingerprint density at radius 2 is 1.96 bits per heavy atom. The molecule has 136 valence electrons. The van der Waals surface area contributed by atoms with Crippen LogP contribution in [0.4, 0.5) is 13.2 Å². The Balaban J connectivity index is 1.95. The lowest BCUT2D eigenvalue weighted by molar-refractivity contribution is -0.274. The maximum absolute atomic E-state index is 12.3. The maximum Gasteiger partial charge on any atom is 0.573 e. The summed E-state index contributed by atoms with van der Waals surface area (Å²) in [6.07, 6.45) is -1.54. The molecule has 26 heavy (non-hydrogen) atoms. The molecule has 1 aromatic carbocycles. The number of halogens is 3. The Labute approximate surface area is 146 Å². The number of hydrogen-bond donors (Lipinski definition) is 1. The molecule has 0 saturated carbocycles. The molecule has 3 rings (SSSR count). The van der Waals surface area contributed by atoms with Crippen molar-refractivity contribution in [3.05, 3.63) is 54.1 Å². The van der Waals surface area contributed by atoms with Crippen LogP contribution in [0.1, 0.15) is 24.2 Å². The molecule has 1 amide bonds. The molecule has 2 aromatic heterocycles. The second kappa shape index (κ2) is 6.66. The average molecular weight is 364 g/mol. The molecule has 0 aliphatic rings. The number of carbonyl (C=O) groups is 1. The molecule has 0 aliphatic carbocycles. The van der Waals surface area contributed by atoms with Gasteiger partial charge in [-0.25, -0.2) is 4.98 Å². The number of pyridine rings is 1. The summed E-state index contributed by atoms with van der Waals surface area (Å²) in [5.41, 5.74) is 7.46. The highest BCUT2D eigenvalue weighted by molar-refractivity contribution is 5.83. The minimum atomic E-state index is -4.74. The Hall–Kier alpha value is -3.10. The fourth-order valence-corrected chi connectivity index (χ4v) is 2.59. The molecule has 0 aliphatic heterocycles. The number of amides is 1. The zero-order chi connectivity index (χ0) is 18.9. The molecule has 0 spiro atoms. The molecule has 0 saturated heterocycles. The van der Waals surface area contributed by atoms with E-state index in [0.717, 1.165) is 0 Å². The molecule has 1 unspecified atom stereocenters. The number of carbonyl (C=O) groups excluding carboxylic acids is 1. The standard InChI is InChI=1S/C17H15F3N4O2/c1-10(15(21)25)16-23-13-6-7-22-8-14(13)24(16)9-11-2-4-12(5-3-11)26-17(18,19)20/h2-8,10H,9H2,1H3,(H2,21,25). The van der Waals surface area contributed by atoms with Gasteiger partial charge in [0.05, 0.1) is 23.1 Å². The highest BCUT2D eigenvalue weighted by Gasteiger charge is 2.31. The largest absolute Gasteiger partial charge is 0.573 e. The number of imidazole rings is 1. The summed E-state index contributed by atoms with van der Waals surface area (Å²) < 4.78 is 42.4. The Kier molecular flexibility index (Phi) is 4.54. The van der Waals surface area contributed by atoms with Gasteiger partial charge in [0.15, 0.2) is 0 Å². The van der Waals surface area contributed by atoms with Gasteiger partial charge in [-0.15, -0.1) is 13.2 Å². The number of nitrogens with zero attached hydrogens (tertiary/aromatic N) is 3. The van der Waals surface area contributed by atoms with Crippen molar-refractivity contribution in [2.75, 3.05) is 0 Å². The molecule has 2 N–H and O–H groups in total. The lowest BCUT2D eigenvalue weighted by Crippen LogP contribution is -2.22. The van der Waals surface area contributed by atoms with E-state index in [9.17, 15) is 18.0 Å². The number of benzene rings is 1. The maximum atomic E-state index is 12.3. The third-order valence-corrected chi connectivity index (χ3v) is 3.89. The van der Waals surface area contributed by atoms with E-state index in [-0.39, 0.29) is 5.75 Å². The summed E-state index contributed by atoms with van der Waals surface area (Å²) in [5, 5.41) is 0. The van der Waals surface area contributed by atoms with Crippen LogP contribution in [-0.2, 0) is 11.3 Å². The van der Waals surface area contributed by atoms with Crippen molar-refractivity contribution in [2.45, 2.75) is 25.7 Å². The van der Waals surface area contributed by atoms with Gasteiger partial charge < -0.3 is 15.0 Å². The van der Waals surface area contributed by atoms with E-state index in [1.54, 1.807) is 30.0 Å². The van der Waals surface area contributed by atoms with Crippen LogP contribution in [0.15, 0.2) is 42.7 Å². The summed E-state index contributed by atoms with van der Waals surface area (Å²) in [6, 6.07) is 7.21. The number of aromatic nitrogens is 3. The summed E-state index contributed by atoms with van der Waals surface area (Å²) in [5.74, 6) is -0.987. The molecule has 1 atom stereocenters. The monoisotopic (exact) mass is 364 g/mol. The number of primary amides is 1. The number of nitrogens with two attached hydrogens (primary N) is 1. The highest BCUT2D eigenvalue weighted by Crippen LogP contribution is 2.25. The van der Waals surface area contributed by atoms with Crippen LogP contribution in [0.5, 0.6) is 5.75 Å². The second-order valence-electron chi connectivity index (χ2n) is 5.74. The molecule has 0 bridgehead atoms. The fourth-order valence-electron chi connectivity index (χ4n) is 2.59. The predicted octanol–water partition coefficient (Wildman–Crippen LogP) is 2.97. The highest BCUT2D eigenvalue weighted by atomic mass is 19.4. The van der Waals surface area contributed by atoms with E-state index in [1.807, 2.05) is 0 Å². The van der Waals surface area contributed by atoms with E-state index in [0.29, 0.717) is 29.0 Å². The molecule has 3 aromatic rings. The first-order valence-corrected chi connectivity index (χ1v) is 7.69. The number of ether oxygens (including phenoxy) is 1. The Bertz CT molecular complexity index is 935. The summed E-state index contributed by atoms with van der Waals surface area (Å²) in [6.45, 7) is 1.94. The minimum Gasteiger partial charge on any atom is -0.406 e. The zero-order valence-electron chi connectivity index (χ0n) is 13.7. The van der Waals surface area contributed by atoms with Gasteiger partial charge in [-0.05, 0) is 30.7 Å². The zero-order valence-corrected chi connectivity index (χ0v) is 13.7. The lowest BCUT2D eigenvalue weighted by Gasteiger charge is -2.13. The normalized spacial score (nSPS) is 12.9. The van der Waals surface area contributed by atoms with Crippen LogP contribution in [0.3, 0.4) is 0 Å². The van der Waals surface area contributed by atoms with Gasteiger partial charge in [-0.1, -0.05) is 12.1 Å². The number of fused-ring (bicyclic) bond motifs is 1. The van der Waals surface area contributed by atoms with Crippen molar-refractivity contribution in [1.82, 2.24) is 14.5 Å². The minimum absolute atomic E-state index is 0.293. The van der Waals surface area contributed by atoms with Crippen molar-refractivity contribution < 1.29 is 22.7 Å². The van der Waals surface area contributed by atoms with E-state index >= 15 is 0 Å². The van der Waals surface area contributed by atoms with Crippen molar-refractivity contribution in [2.24, 2.45) is 5.73 Å². The summed E-state index contributed by atoms with van der Waals surface area (Å²) in [7, 11) is 0. The third kappa shape index (κ3) is 3.76. The molecule has 6 nitrogen and oxygen atoms in total. The molecule has 2 heterocycles. The first-order valence-electron chi connectivity index (χ1n) is 7.69. The SMILES string of the molecule is CC(C(N)=O)c1nc2ccncc2n1Cc1ccc(OC(F)(F)F)cc1.